The van der Waals surface area contributed by atoms with Crippen molar-refractivity contribution in [3.8, 4) is 0 Å². The minimum Gasteiger partial charge on any atom is -0.480 e. The number of nitrogens with zero attached hydrogens (tertiary/aromatic N) is 2. The summed E-state index contributed by atoms with van der Waals surface area (Å²) in [4.78, 5) is 11.7. The summed E-state index contributed by atoms with van der Waals surface area (Å²) in [5.41, 5.74) is -0.719. The Hall–Kier alpha value is -1.36. The molecule has 1 heterocycles. The van der Waals surface area contributed by atoms with Crippen LogP contribution in [0.4, 0.5) is 0 Å². The van der Waals surface area contributed by atoms with Gasteiger partial charge in [-0.3, -0.25) is 9.48 Å². The molecule has 5 nitrogen and oxygen atoms in total. The number of hydrogen-bond acceptors (Lipinski definition) is 3. The largest absolute Gasteiger partial charge is 0.480 e. The van der Waals surface area contributed by atoms with Crippen molar-refractivity contribution in [2.45, 2.75) is 51.1 Å². The molecule has 1 fully saturated rings. The van der Waals surface area contributed by atoms with E-state index >= 15 is 0 Å². The van der Waals surface area contributed by atoms with Crippen LogP contribution in [0.5, 0.6) is 0 Å². The number of carboxylic acid groups (broad SMARTS) is 1. The fourth-order valence-electron chi connectivity index (χ4n) is 3.13. The summed E-state index contributed by atoms with van der Waals surface area (Å²) in [6.07, 6.45) is 8.24. The molecule has 1 saturated carbocycles. The first-order valence-electron chi connectivity index (χ1n) is 7.15. The number of carboxylic acids is 1. The second kappa shape index (κ2) is 6.19. The van der Waals surface area contributed by atoms with Gasteiger partial charge in [-0.15, -0.1) is 0 Å². The number of carbonyl (C=O) groups is 1. The number of rotatable bonds is 7. The van der Waals surface area contributed by atoms with E-state index in [1.165, 1.54) is 0 Å². The molecule has 1 aliphatic rings. The number of aryl methyl sites for hydroxylation is 1. The fourth-order valence-corrected chi connectivity index (χ4v) is 3.13. The Bertz CT molecular complexity index is 405. The van der Waals surface area contributed by atoms with Gasteiger partial charge >= 0.3 is 5.97 Å². The predicted molar refractivity (Wildman–Crippen MR) is 72.8 cm³/mol. The van der Waals surface area contributed by atoms with E-state index in [4.69, 9.17) is 0 Å². The molecule has 0 aliphatic heterocycles. The Balaban J connectivity index is 2.02. The van der Waals surface area contributed by atoms with Gasteiger partial charge in [0.05, 0.1) is 0 Å². The Morgan fingerprint density at radius 2 is 2.47 bits per heavy atom. The molecule has 2 rings (SSSR count). The number of aliphatic carboxylic acids is 1. The summed E-state index contributed by atoms with van der Waals surface area (Å²) in [7, 11) is 0. The summed E-state index contributed by atoms with van der Waals surface area (Å²) in [5, 5.41) is 17.1. The van der Waals surface area contributed by atoms with Gasteiger partial charge in [0, 0.05) is 18.9 Å². The van der Waals surface area contributed by atoms with E-state index in [0.29, 0.717) is 0 Å². The maximum absolute atomic E-state index is 11.7. The lowest BCUT2D eigenvalue weighted by molar-refractivity contribution is -0.146. The highest BCUT2D eigenvalue weighted by molar-refractivity contribution is 5.79. The predicted octanol–water partition coefficient (Wildman–Crippen LogP) is 1.90. The summed E-state index contributed by atoms with van der Waals surface area (Å²) >= 11 is 0. The third kappa shape index (κ3) is 2.97. The lowest BCUT2D eigenvalue weighted by Gasteiger charge is -2.32. The van der Waals surface area contributed by atoms with E-state index < -0.39 is 11.5 Å². The van der Waals surface area contributed by atoms with Crippen molar-refractivity contribution < 1.29 is 9.90 Å². The molecule has 0 bridgehead atoms. The van der Waals surface area contributed by atoms with E-state index in [0.717, 1.165) is 45.2 Å². The minimum absolute atomic E-state index is 0.195. The van der Waals surface area contributed by atoms with Crippen molar-refractivity contribution >= 4 is 5.97 Å². The zero-order chi connectivity index (χ0) is 13.7. The van der Waals surface area contributed by atoms with Gasteiger partial charge in [0.15, 0.2) is 0 Å². The molecule has 0 aromatic carbocycles. The monoisotopic (exact) mass is 265 g/mol. The SMILES string of the molecule is CCCNC1(C(=O)O)CCCC1CCn1cccn1. The third-order valence-corrected chi connectivity index (χ3v) is 4.16. The summed E-state index contributed by atoms with van der Waals surface area (Å²) in [6.45, 7) is 3.63. The van der Waals surface area contributed by atoms with Crippen molar-refractivity contribution in [3.05, 3.63) is 18.5 Å². The van der Waals surface area contributed by atoms with E-state index in [-0.39, 0.29) is 5.92 Å². The first-order valence-corrected chi connectivity index (χ1v) is 7.15. The molecule has 0 saturated heterocycles. The summed E-state index contributed by atoms with van der Waals surface area (Å²) < 4.78 is 1.88. The topological polar surface area (TPSA) is 67.2 Å². The maximum atomic E-state index is 11.7. The molecule has 0 amide bonds. The van der Waals surface area contributed by atoms with Gasteiger partial charge in [-0.05, 0) is 44.2 Å². The van der Waals surface area contributed by atoms with E-state index in [9.17, 15) is 9.90 Å². The van der Waals surface area contributed by atoms with Crippen molar-refractivity contribution in [2.24, 2.45) is 5.92 Å². The molecule has 2 unspecified atom stereocenters. The Kier molecular flexibility index (Phi) is 4.58. The van der Waals surface area contributed by atoms with Crippen molar-refractivity contribution in [2.75, 3.05) is 6.54 Å². The lowest BCUT2D eigenvalue weighted by Crippen LogP contribution is -2.55. The first kappa shape index (κ1) is 14.1. The van der Waals surface area contributed by atoms with Crippen molar-refractivity contribution in [3.63, 3.8) is 0 Å². The molecule has 2 N–H and O–H groups in total. The maximum Gasteiger partial charge on any atom is 0.324 e. The molecule has 1 aliphatic carbocycles. The zero-order valence-corrected chi connectivity index (χ0v) is 11.5. The second-order valence-corrected chi connectivity index (χ2v) is 5.35. The summed E-state index contributed by atoms with van der Waals surface area (Å²) in [6, 6.07) is 1.90. The number of hydrogen-bond donors (Lipinski definition) is 2. The van der Waals surface area contributed by atoms with Gasteiger partial charge in [0.2, 0.25) is 0 Å². The highest BCUT2D eigenvalue weighted by atomic mass is 16.4. The molecule has 5 heteroatoms. The average molecular weight is 265 g/mol. The van der Waals surface area contributed by atoms with Gasteiger partial charge in [-0.2, -0.15) is 5.10 Å². The van der Waals surface area contributed by atoms with Gasteiger partial charge in [0.1, 0.15) is 5.54 Å². The fraction of sp³-hybridized carbons (Fsp3) is 0.714. The van der Waals surface area contributed by atoms with Crippen molar-refractivity contribution in [1.29, 1.82) is 0 Å². The quantitative estimate of drug-likeness (QED) is 0.790. The lowest BCUT2D eigenvalue weighted by atomic mass is 9.84. The van der Waals surface area contributed by atoms with Gasteiger partial charge in [0.25, 0.3) is 0 Å². The smallest absolute Gasteiger partial charge is 0.324 e. The molecule has 0 spiro atoms. The highest BCUT2D eigenvalue weighted by Gasteiger charge is 2.48. The van der Waals surface area contributed by atoms with Crippen LogP contribution in [0.3, 0.4) is 0 Å². The molecule has 1 aromatic rings. The third-order valence-electron chi connectivity index (χ3n) is 4.16. The second-order valence-electron chi connectivity index (χ2n) is 5.35. The Labute approximate surface area is 114 Å². The average Bonchev–Trinajstić information content (AvgIpc) is 3.03. The van der Waals surface area contributed by atoms with Crippen LogP contribution in [-0.2, 0) is 11.3 Å². The number of nitrogens with one attached hydrogen (secondary N) is 1. The van der Waals surface area contributed by atoms with Crippen LogP contribution in [0.25, 0.3) is 0 Å². The normalized spacial score (nSPS) is 26.7. The molecular formula is C14H23N3O2. The minimum atomic E-state index is -0.719. The van der Waals surface area contributed by atoms with Crippen LogP contribution in [0, 0.1) is 5.92 Å². The highest BCUT2D eigenvalue weighted by Crippen LogP contribution is 2.38. The number of aromatic nitrogens is 2. The van der Waals surface area contributed by atoms with Crippen LogP contribution >= 0.6 is 0 Å². The van der Waals surface area contributed by atoms with Crippen LogP contribution in [-0.4, -0.2) is 32.9 Å². The van der Waals surface area contributed by atoms with E-state index in [1.807, 2.05) is 16.9 Å². The zero-order valence-electron chi connectivity index (χ0n) is 11.5. The van der Waals surface area contributed by atoms with Gasteiger partial charge in [-0.1, -0.05) is 13.3 Å². The Morgan fingerprint density at radius 1 is 1.63 bits per heavy atom. The van der Waals surface area contributed by atoms with Crippen LogP contribution in [0.2, 0.25) is 0 Å². The van der Waals surface area contributed by atoms with Gasteiger partial charge < -0.3 is 10.4 Å². The first-order chi connectivity index (χ1) is 9.19. The van der Waals surface area contributed by atoms with Crippen LogP contribution < -0.4 is 5.32 Å². The van der Waals surface area contributed by atoms with Crippen LogP contribution in [0.15, 0.2) is 18.5 Å². The molecule has 1 aromatic heterocycles. The standard InChI is InChI=1S/C14H23N3O2/c1-2-8-15-14(13(18)19)7-3-5-12(14)6-11-17-10-4-9-16-17/h4,9-10,12,15H,2-3,5-8,11H2,1H3,(H,18,19). The molecule has 106 valence electrons. The van der Waals surface area contributed by atoms with E-state index in [2.05, 4.69) is 17.3 Å². The molecular weight excluding hydrogens is 242 g/mol. The molecule has 0 radical (unpaired) electrons. The Morgan fingerprint density at radius 3 is 3.11 bits per heavy atom. The van der Waals surface area contributed by atoms with Gasteiger partial charge in [-0.25, -0.2) is 0 Å². The molecule has 2 atom stereocenters. The van der Waals surface area contributed by atoms with E-state index in [1.54, 1.807) is 6.20 Å². The van der Waals surface area contributed by atoms with Crippen LogP contribution in [0.1, 0.15) is 39.0 Å². The van der Waals surface area contributed by atoms with Crippen molar-refractivity contribution in [1.82, 2.24) is 15.1 Å². The molecule has 19 heavy (non-hydrogen) atoms. The summed E-state index contributed by atoms with van der Waals surface area (Å²) in [5.74, 6) is -0.496.